The van der Waals surface area contributed by atoms with Gasteiger partial charge in [-0.2, -0.15) is 0 Å². The van der Waals surface area contributed by atoms with Crippen molar-refractivity contribution in [3.05, 3.63) is 24.2 Å². The summed E-state index contributed by atoms with van der Waals surface area (Å²) in [6.07, 6.45) is 1.61. The number of hydrogen-bond acceptors (Lipinski definition) is 5. The smallest absolute Gasteiger partial charge is 0.316 e. The van der Waals surface area contributed by atoms with Crippen LogP contribution < -0.4 is 5.73 Å². The van der Waals surface area contributed by atoms with Crippen LogP contribution in [0.4, 0.5) is 0 Å². The number of nitrogens with two attached hydrogens (primary N) is 1. The fraction of sp³-hybridized carbons (Fsp3) is 0.615. The molecule has 0 fully saturated rings. The van der Waals surface area contributed by atoms with Gasteiger partial charge in [-0.05, 0) is 39.8 Å². The standard InChI is InChI=1S/C13H21NO3S/c1-9(14)12(10-6-5-7-16-10)18-8-11(15)17-13(2,3)4/h5-7,9,12H,8,14H2,1-4H3. The summed E-state index contributed by atoms with van der Waals surface area (Å²) in [6.45, 7) is 7.46. The maximum absolute atomic E-state index is 11.6. The summed E-state index contributed by atoms with van der Waals surface area (Å²) in [5.41, 5.74) is 5.46. The van der Waals surface area contributed by atoms with Gasteiger partial charge in [0, 0.05) is 6.04 Å². The van der Waals surface area contributed by atoms with Crippen molar-refractivity contribution < 1.29 is 13.9 Å². The van der Waals surface area contributed by atoms with Gasteiger partial charge in [0.2, 0.25) is 0 Å². The molecule has 1 aromatic heterocycles. The molecule has 2 unspecified atom stereocenters. The van der Waals surface area contributed by atoms with E-state index < -0.39 is 5.60 Å². The van der Waals surface area contributed by atoms with Crippen LogP contribution in [0.3, 0.4) is 0 Å². The van der Waals surface area contributed by atoms with Crippen molar-refractivity contribution in [1.29, 1.82) is 0 Å². The van der Waals surface area contributed by atoms with Gasteiger partial charge in [-0.1, -0.05) is 0 Å². The number of carbonyl (C=O) groups is 1. The Labute approximate surface area is 112 Å². The maximum Gasteiger partial charge on any atom is 0.316 e. The largest absolute Gasteiger partial charge is 0.468 e. The highest BCUT2D eigenvalue weighted by Crippen LogP contribution is 2.31. The lowest BCUT2D eigenvalue weighted by Gasteiger charge is -2.21. The summed E-state index contributed by atoms with van der Waals surface area (Å²) < 4.78 is 10.6. The van der Waals surface area contributed by atoms with Gasteiger partial charge in [0.15, 0.2) is 0 Å². The molecule has 0 radical (unpaired) electrons. The van der Waals surface area contributed by atoms with Crippen LogP contribution in [-0.2, 0) is 9.53 Å². The number of carbonyl (C=O) groups excluding carboxylic acids is 1. The van der Waals surface area contributed by atoms with Crippen molar-refractivity contribution in [1.82, 2.24) is 0 Å². The van der Waals surface area contributed by atoms with Crippen LogP contribution in [0.25, 0.3) is 0 Å². The van der Waals surface area contributed by atoms with Gasteiger partial charge >= 0.3 is 5.97 Å². The third kappa shape index (κ3) is 5.14. The predicted octanol–water partition coefficient (Wildman–Crippen LogP) is 2.74. The lowest BCUT2D eigenvalue weighted by molar-refractivity contribution is -0.151. The van der Waals surface area contributed by atoms with Gasteiger partial charge in [-0.25, -0.2) is 0 Å². The lowest BCUT2D eigenvalue weighted by atomic mass is 10.2. The van der Waals surface area contributed by atoms with Gasteiger partial charge in [-0.3, -0.25) is 4.79 Å². The molecule has 1 heterocycles. The van der Waals surface area contributed by atoms with Crippen LogP contribution in [0.2, 0.25) is 0 Å². The Morgan fingerprint density at radius 2 is 2.22 bits per heavy atom. The van der Waals surface area contributed by atoms with Gasteiger partial charge < -0.3 is 14.9 Å². The molecule has 1 aromatic rings. The van der Waals surface area contributed by atoms with Crippen molar-refractivity contribution >= 4 is 17.7 Å². The average Bonchev–Trinajstić information content (AvgIpc) is 2.67. The van der Waals surface area contributed by atoms with Crippen molar-refractivity contribution in [2.75, 3.05) is 5.75 Å². The fourth-order valence-corrected chi connectivity index (χ4v) is 2.45. The third-order valence-corrected chi connectivity index (χ3v) is 3.53. The molecule has 0 saturated heterocycles. The minimum Gasteiger partial charge on any atom is -0.468 e. The Hall–Kier alpha value is -0.940. The van der Waals surface area contributed by atoms with E-state index in [9.17, 15) is 4.79 Å². The number of thioether (sulfide) groups is 1. The quantitative estimate of drug-likeness (QED) is 0.834. The summed E-state index contributed by atoms with van der Waals surface area (Å²) in [4.78, 5) is 11.6. The van der Waals surface area contributed by atoms with Crippen molar-refractivity contribution in [2.45, 2.75) is 44.6 Å². The van der Waals surface area contributed by atoms with Crippen LogP contribution in [0.1, 0.15) is 38.7 Å². The molecule has 0 aromatic carbocycles. The van der Waals surface area contributed by atoms with E-state index in [0.29, 0.717) is 0 Å². The highest BCUT2D eigenvalue weighted by atomic mass is 32.2. The number of rotatable bonds is 5. The Morgan fingerprint density at radius 1 is 1.56 bits per heavy atom. The van der Waals surface area contributed by atoms with E-state index in [-0.39, 0.29) is 23.0 Å². The van der Waals surface area contributed by atoms with Crippen molar-refractivity contribution in [3.63, 3.8) is 0 Å². The van der Waals surface area contributed by atoms with Gasteiger partial charge in [0.05, 0.1) is 17.3 Å². The minimum atomic E-state index is -0.452. The molecule has 0 spiro atoms. The van der Waals surface area contributed by atoms with Gasteiger partial charge in [-0.15, -0.1) is 11.8 Å². The zero-order valence-corrected chi connectivity index (χ0v) is 12.1. The molecule has 5 heteroatoms. The lowest BCUT2D eigenvalue weighted by Crippen LogP contribution is -2.27. The molecule has 0 aliphatic heterocycles. The first-order valence-electron chi connectivity index (χ1n) is 5.92. The molecule has 1 rings (SSSR count). The minimum absolute atomic E-state index is 0.0347. The molecule has 0 amide bonds. The molecular weight excluding hydrogens is 250 g/mol. The SMILES string of the molecule is CC(N)C(SCC(=O)OC(C)(C)C)c1ccco1. The van der Waals surface area contributed by atoms with Crippen LogP contribution in [0.5, 0.6) is 0 Å². The Bertz CT molecular complexity index is 368. The molecular formula is C13H21NO3S. The average molecular weight is 271 g/mol. The topological polar surface area (TPSA) is 65.5 Å². The van der Waals surface area contributed by atoms with E-state index in [1.165, 1.54) is 11.8 Å². The third-order valence-electron chi connectivity index (χ3n) is 2.10. The molecule has 0 aliphatic rings. The summed E-state index contributed by atoms with van der Waals surface area (Å²) >= 11 is 1.44. The second-order valence-electron chi connectivity index (χ2n) is 5.19. The second kappa shape index (κ2) is 6.29. The zero-order valence-electron chi connectivity index (χ0n) is 11.3. The maximum atomic E-state index is 11.6. The summed E-state index contributed by atoms with van der Waals surface area (Å²) in [5.74, 6) is 0.827. The first kappa shape index (κ1) is 15.1. The molecule has 4 nitrogen and oxygen atoms in total. The molecule has 2 N–H and O–H groups in total. The summed E-state index contributed by atoms with van der Waals surface area (Å²) in [7, 11) is 0. The Balaban J connectivity index is 2.52. The molecule has 102 valence electrons. The van der Waals surface area contributed by atoms with Crippen molar-refractivity contribution in [3.8, 4) is 0 Å². The summed E-state index contributed by atoms with van der Waals surface area (Å²) in [6, 6.07) is 3.60. The van der Waals surface area contributed by atoms with E-state index in [1.807, 2.05) is 39.8 Å². The summed E-state index contributed by atoms with van der Waals surface area (Å²) in [5, 5.41) is -0.0347. The van der Waals surface area contributed by atoms with E-state index in [0.717, 1.165) is 5.76 Å². The van der Waals surface area contributed by atoms with E-state index in [4.69, 9.17) is 14.9 Å². The number of ether oxygens (including phenoxy) is 1. The highest BCUT2D eigenvalue weighted by Gasteiger charge is 2.23. The first-order valence-corrected chi connectivity index (χ1v) is 6.97. The van der Waals surface area contributed by atoms with Crippen LogP contribution in [0, 0.1) is 0 Å². The van der Waals surface area contributed by atoms with Gasteiger partial charge in [0.1, 0.15) is 11.4 Å². The monoisotopic (exact) mass is 271 g/mol. The van der Waals surface area contributed by atoms with E-state index in [1.54, 1.807) is 6.26 Å². The van der Waals surface area contributed by atoms with Crippen LogP contribution in [-0.4, -0.2) is 23.4 Å². The normalized spacial score (nSPS) is 15.2. The van der Waals surface area contributed by atoms with Crippen LogP contribution >= 0.6 is 11.8 Å². The number of furan rings is 1. The van der Waals surface area contributed by atoms with E-state index in [2.05, 4.69) is 0 Å². The molecule has 0 aliphatic carbocycles. The zero-order chi connectivity index (χ0) is 13.8. The van der Waals surface area contributed by atoms with Crippen LogP contribution in [0.15, 0.2) is 22.8 Å². The molecule has 0 bridgehead atoms. The van der Waals surface area contributed by atoms with Crippen molar-refractivity contribution in [2.24, 2.45) is 5.73 Å². The molecule has 18 heavy (non-hydrogen) atoms. The highest BCUT2D eigenvalue weighted by molar-refractivity contribution is 8.00. The molecule has 0 saturated carbocycles. The Kier molecular flexibility index (Phi) is 5.28. The van der Waals surface area contributed by atoms with Gasteiger partial charge in [0.25, 0.3) is 0 Å². The first-order chi connectivity index (χ1) is 8.29. The second-order valence-corrected chi connectivity index (χ2v) is 6.32. The predicted molar refractivity (Wildman–Crippen MR) is 73.4 cm³/mol. The number of hydrogen-bond donors (Lipinski definition) is 1. The fourth-order valence-electron chi connectivity index (χ4n) is 1.47. The van der Waals surface area contributed by atoms with E-state index >= 15 is 0 Å². The molecule has 2 atom stereocenters. The number of esters is 1. The Morgan fingerprint density at radius 3 is 2.67 bits per heavy atom.